The van der Waals surface area contributed by atoms with E-state index in [2.05, 4.69) is 26.2 Å². The highest BCUT2D eigenvalue weighted by Gasteiger charge is 2.00. The van der Waals surface area contributed by atoms with E-state index in [9.17, 15) is 0 Å². The van der Waals surface area contributed by atoms with E-state index in [1.165, 1.54) is 5.56 Å². The molecular weight excluding hydrogens is 300 g/mol. The number of nitrogens with one attached hydrogen (secondary N) is 1. The number of hydrogen-bond donors (Lipinski definition) is 1. The number of halogens is 2. The highest BCUT2D eigenvalue weighted by molar-refractivity contribution is 9.10. The van der Waals surface area contributed by atoms with Crippen molar-refractivity contribution in [3.8, 4) is 0 Å². The van der Waals surface area contributed by atoms with E-state index < -0.39 is 0 Å². The fraction of sp³-hybridized carbons (Fsp3) is 0.154. The Morgan fingerprint density at radius 1 is 1.18 bits per heavy atom. The van der Waals surface area contributed by atoms with Crippen LogP contribution in [0.15, 0.2) is 47.2 Å². The van der Waals surface area contributed by atoms with E-state index in [0.29, 0.717) is 0 Å². The Morgan fingerprint density at radius 2 is 1.94 bits per heavy atom. The molecule has 1 aromatic heterocycles. The molecule has 4 heteroatoms. The van der Waals surface area contributed by atoms with Gasteiger partial charge in [0.2, 0.25) is 0 Å². The number of aromatic nitrogens is 1. The summed E-state index contributed by atoms with van der Waals surface area (Å²) in [5.41, 5.74) is 2.22. The van der Waals surface area contributed by atoms with Crippen LogP contribution in [0.4, 0.5) is 5.69 Å². The normalized spacial score (nSPS) is 10.2. The fourth-order valence-corrected chi connectivity index (χ4v) is 2.07. The number of hydrogen-bond acceptors (Lipinski definition) is 2. The van der Waals surface area contributed by atoms with Gasteiger partial charge in [-0.3, -0.25) is 4.98 Å². The van der Waals surface area contributed by atoms with Gasteiger partial charge in [0.1, 0.15) is 0 Å². The third-order valence-corrected chi connectivity index (χ3v) is 3.23. The van der Waals surface area contributed by atoms with E-state index in [-0.39, 0.29) is 0 Å². The monoisotopic (exact) mass is 310 g/mol. The zero-order valence-corrected chi connectivity index (χ0v) is 11.5. The third-order valence-electron chi connectivity index (χ3n) is 2.41. The highest BCUT2D eigenvalue weighted by Crippen LogP contribution is 2.25. The summed E-state index contributed by atoms with van der Waals surface area (Å²) in [4.78, 5) is 3.99. The van der Waals surface area contributed by atoms with Crippen LogP contribution in [0.5, 0.6) is 0 Å². The third kappa shape index (κ3) is 3.72. The van der Waals surface area contributed by atoms with Gasteiger partial charge in [0, 0.05) is 23.4 Å². The minimum Gasteiger partial charge on any atom is -0.383 e. The number of pyridine rings is 1. The Balaban J connectivity index is 1.92. The van der Waals surface area contributed by atoms with E-state index >= 15 is 0 Å². The lowest BCUT2D eigenvalue weighted by molar-refractivity contribution is 1.01. The largest absolute Gasteiger partial charge is 0.383 e. The Kier molecular flexibility index (Phi) is 4.40. The number of benzene rings is 1. The van der Waals surface area contributed by atoms with Gasteiger partial charge in [0.25, 0.3) is 0 Å². The maximum Gasteiger partial charge on any atom is 0.0638 e. The van der Waals surface area contributed by atoms with E-state index in [1.54, 1.807) is 12.4 Å². The van der Waals surface area contributed by atoms with Gasteiger partial charge in [-0.25, -0.2) is 0 Å². The van der Waals surface area contributed by atoms with Gasteiger partial charge in [-0.05, 0) is 42.3 Å². The van der Waals surface area contributed by atoms with Crippen molar-refractivity contribution in [3.05, 3.63) is 57.8 Å². The van der Waals surface area contributed by atoms with E-state index in [0.717, 1.165) is 28.1 Å². The minimum absolute atomic E-state index is 0.739. The molecule has 88 valence electrons. The van der Waals surface area contributed by atoms with E-state index in [4.69, 9.17) is 11.6 Å². The number of rotatable bonds is 4. The van der Waals surface area contributed by atoms with Crippen LogP contribution in [0.3, 0.4) is 0 Å². The second-order valence-electron chi connectivity index (χ2n) is 3.66. The first-order chi connectivity index (χ1) is 8.25. The van der Waals surface area contributed by atoms with Gasteiger partial charge in [-0.2, -0.15) is 0 Å². The van der Waals surface area contributed by atoms with Crippen molar-refractivity contribution in [2.24, 2.45) is 0 Å². The Bertz CT molecular complexity index is 488. The second kappa shape index (κ2) is 6.03. The van der Waals surface area contributed by atoms with Crippen LogP contribution < -0.4 is 5.32 Å². The first kappa shape index (κ1) is 12.4. The highest BCUT2D eigenvalue weighted by atomic mass is 79.9. The molecule has 0 saturated carbocycles. The molecule has 1 N–H and O–H groups in total. The molecule has 17 heavy (non-hydrogen) atoms. The molecule has 0 spiro atoms. The molecule has 1 aromatic carbocycles. The molecular formula is C13H12BrClN2. The Morgan fingerprint density at radius 3 is 2.71 bits per heavy atom. The van der Waals surface area contributed by atoms with Crippen molar-refractivity contribution in [2.75, 3.05) is 11.9 Å². The number of anilines is 1. The van der Waals surface area contributed by atoms with Gasteiger partial charge in [0.15, 0.2) is 0 Å². The average molecular weight is 312 g/mol. The molecule has 0 amide bonds. The zero-order chi connectivity index (χ0) is 12.1. The van der Waals surface area contributed by atoms with Crippen LogP contribution in [0.25, 0.3) is 0 Å². The van der Waals surface area contributed by atoms with Crippen LogP contribution in [-0.4, -0.2) is 11.5 Å². The summed E-state index contributed by atoms with van der Waals surface area (Å²) in [5.74, 6) is 0. The topological polar surface area (TPSA) is 24.9 Å². The molecule has 0 unspecified atom stereocenters. The molecule has 0 saturated heterocycles. The van der Waals surface area contributed by atoms with Crippen molar-refractivity contribution in [1.29, 1.82) is 0 Å². The SMILES string of the molecule is Clc1ccc(Br)cc1NCCc1ccncc1. The molecule has 0 aliphatic rings. The minimum atomic E-state index is 0.739. The Labute approximate surface area is 114 Å². The quantitative estimate of drug-likeness (QED) is 0.917. The van der Waals surface area contributed by atoms with E-state index in [1.807, 2.05) is 30.3 Å². The molecule has 0 radical (unpaired) electrons. The van der Waals surface area contributed by atoms with Crippen LogP contribution in [-0.2, 0) is 6.42 Å². The van der Waals surface area contributed by atoms with Crippen molar-refractivity contribution in [3.63, 3.8) is 0 Å². The van der Waals surface area contributed by atoms with Crippen LogP contribution in [0.2, 0.25) is 5.02 Å². The molecule has 2 aromatic rings. The maximum atomic E-state index is 6.08. The van der Waals surface area contributed by atoms with Crippen LogP contribution in [0.1, 0.15) is 5.56 Å². The lowest BCUT2D eigenvalue weighted by Gasteiger charge is -2.08. The first-order valence-corrected chi connectivity index (χ1v) is 6.50. The molecule has 1 heterocycles. The molecule has 0 atom stereocenters. The summed E-state index contributed by atoms with van der Waals surface area (Å²) in [6.07, 6.45) is 4.56. The number of nitrogens with zero attached hydrogens (tertiary/aromatic N) is 1. The Hall–Kier alpha value is -1.06. The zero-order valence-electron chi connectivity index (χ0n) is 9.16. The maximum absolute atomic E-state index is 6.08. The smallest absolute Gasteiger partial charge is 0.0638 e. The standard InChI is InChI=1S/C13H12BrClN2/c14-11-1-2-12(15)13(9-11)17-8-5-10-3-6-16-7-4-10/h1-4,6-7,9,17H,5,8H2. The van der Waals surface area contributed by atoms with Gasteiger partial charge in [-0.1, -0.05) is 27.5 Å². The van der Waals surface area contributed by atoms with Crippen molar-refractivity contribution >= 4 is 33.2 Å². The lowest BCUT2D eigenvalue weighted by atomic mass is 10.2. The summed E-state index contributed by atoms with van der Waals surface area (Å²) in [6.45, 7) is 0.847. The van der Waals surface area contributed by atoms with Crippen LogP contribution >= 0.6 is 27.5 Å². The predicted molar refractivity (Wildman–Crippen MR) is 75.6 cm³/mol. The summed E-state index contributed by atoms with van der Waals surface area (Å²) in [6, 6.07) is 9.82. The fourth-order valence-electron chi connectivity index (χ4n) is 1.52. The summed E-state index contributed by atoms with van der Waals surface area (Å²) >= 11 is 9.51. The van der Waals surface area contributed by atoms with Crippen molar-refractivity contribution < 1.29 is 0 Å². The van der Waals surface area contributed by atoms with Gasteiger partial charge >= 0.3 is 0 Å². The predicted octanol–water partition coefficient (Wildman–Crippen LogP) is 4.15. The molecule has 2 rings (SSSR count). The summed E-state index contributed by atoms with van der Waals surface area (Å²) < 4.78 is 1.02. The molecule has 0 aliphatic heterocycles. The molecule has 2 nitrogen and oxygen atoms in total. The van der Waals surface area contributed by atoms with Gasteiger partial charge < -0.3 is 5.32 Å². The summed E-state index contributed by atoms with van der Waals surface area (Å²) in [7, 11) is 0. The average Bonchev–Trinajstić information content (AvgIpc) is 2.35. The molecule has 0 bridgehead atoms. The van der Waals surface area contributed by atoms with Crippen molar-refractivity contribution in [2.45, 2.75) is 6.42 Å². The van der Waals surface area contributed by atoms with Gasteiger partial charge in [0.05, 0.1) is 10.7 Å². The van der Waals surface area contributed by atoms with Crippen LogP contribution in [0, 0.1) is 0 Å². The van der Waals surface area contributed by atoms with Gasteiger partial charge in [-0.15, -0.1) is 0 Å². The molecule has 0 fully saturated rings. The van der Waals surface area contributed by atoms with Crippen molar-refractivity contribution in [1.82, 2.24) is 4.98 Å². The second-order valence-corrected chi connectivity index (χ2v) is 4.98. The summed E-state index contributed by atoms with van der Waals surface area (Å²) in [5, 5.41) is 4.06. The lowest BCUT2D eigenvalue weighted by Crippen LogP contribution is -2.05. The molecule has 0 aliphatic carbocycles. The first-order valence-electron chi connectivity index (χ1n) is 5.33.